The van der Waals surface area contributed by atoms with Gasteiger partial charge in [-0.15, -0.1) is 11.3 Å². The lowest BCUT2D eigenvalue weighted by atomic mass is 9.99. The average Bonchev–Trinajstić information content (AvgIpc) is 3.38. The van der Waals surface area contributed by atoms with E-state index in [1.54, 1.807) is 5.41 Å². The van der Waals surface area contributed by atoms with Crippen LogP contribution in [0, 0.1) is 0 Å². The summed E-state index contributed by atoms with van der Waals surface area (Å²) in [5, 5.41) is 16.5. The first-order valence-electron chi connectivity index (χ1n) is 8.85. The molecule has 0 saturated carbocycles. The molecule has 2 aromatic rings. The molecule has 7 heteroatoms. The Morgan fingerprint density at radius 2 is 1.96 bits per heavy atom. The summed E-state index contributed by atoms with van der Waals surface area (Å²) < 4.78 is 2.81. The molecule has 3 N–H and O–H groups in total. The van der Waals surface area contributed by atoms with Crippen LogP contribution in [0.5, 0.6) is 0 Å². The van der Waals surface area contributed by atoms with Gasteiger partial charge in [0.2, 0.25) is 0 Å². The Hall–Kier alpha value is -1.83. The molecular formula is C19H21N3O2S2. The van der Waals surface area contributed by atoms with Crippen molar-refractivity contribution in [2.75, 3.05) is 5.32 Å². The second-order valence-electron chi connectivity index (χ2n) is 6.55. The highest BCUT2D eigenvalue weighted by molar-refractivity contribution is 8.00. The lowest BCUT2D eigenvalue weighted by molar-refractivity contribution is 0.257. The van der Waals surface area contributed by atoms with E-state index in [2.05, 4.69) is 21.1 Å². The first-order valence-corrected chi connectivity index (χ1v) is 10.6. The van der Waals surface area contributed by atoms with Gasteiger partial charge in [0.05, 0.1) is 12.3 Å². The van der Waals surface area contributed by atoms with Crippen LogP contribution in [-0.2, 0) is 32.3 Å². The maximum atomic E-state index is 12.4. The highest BCUT2D eigenvalue weighted by atomic mass is 32.2. The summed E-state index contributed by atoms with van der Waals surface area (Å²) >= 11 is 2.68. The average molecular weight is 388 g/mol. The fourth-order valence-corrected chi connectivity index (χ4v) is 4.97. The Morgan fingerprint density at radius 1 is 1.23 bits per heavy atom. The number of benzene rings is 1. The predicted octanol–water partition coefficient (Wildman–Crippen LogP) is 4.05. The van der Waals surface area contributed by atoms with Crippen molar-refractivity contribution < 1.29 is 9.90 Å². The van der Waals surface area contributed by atoms with E-state index in [1.165, 1.54) is 58.4 Å². The van der Waals surface area contributed by atoms with Gasteiger partial charge in [-0.25, -0.2) is 9.78 Å². The lowest BCUT2D eigenvalue weighted by Crippen LogP contribution is -2.23. The number of urea groups is 1. The fraction of sp³-hybridized carbons (Fsp3) is 0.368. The minimum absolute atomic E-state index is 0.0517. The molecule has 2 amide bonds. The van der Waals surface area contributed by atoms with Gasteiger partial charge in [0.25, 0.3) is 0 Å². The summed E-state index contributed by atoms with van der Waals surface area (Å²) in [6.07, 6.45) is 8.54. The van der Waals surface area contributed by atoms with E-state index in [0.717, 1.165) is 36.4 Å². The predicted molar refractivity (Wildman–Crippen MR) is 107 cm³/mol. The van der Waals surface area contributed by atoms with Gasteiger partial charge in [-0.05, 0) is 84.2 Å². The van der Waals surface area contributed by atoms with Crippen molar-refractivity contribution in [2.45, 2.75) is 45.1 Å². The number of aliphatic hydroxyl groups excluding tert-OH is 1. The zero-order valence-corrected chi connectivity index (χ0v) is 16.0. The third-order valence-corrected chi connectivity index (χ3v) is 6.31. The van der Waals surface area contributed by atoms with Gasteiger partial charge in [0, 0.05) is 11.1 Å². The second-order valence-corrected chi connectivity index (χ2v) is 8.15. The van der Waals surface area contributed by atoms with Crippen LogP contribution in [0.25, 0.3) is 6.08 Å². The van der Waals surface area contributed by atoms with Crippen molar-refractivity contribution in [3.8, 4) is 0 Å². The molecule has 2 aliphatic carbocycles. The molecule has 0 unspecified atom stereocenters. The number of nitrogens with one attached hydrogen (secondary N) is 2. The smallest absolute Gasteiger partial charge is 0.329 e. The van der Waals surface area contributed by atoms with E-state index < -0.39 is 0 Å². The summed E-state index contributed by atoms with van der Waals surface area (Å²) in [7, 11) is 0. The maximum absolute atomic E-state index is 12.4. The number of rotatable bonds is 5. The van der Waals surface area contributed by atoms with Gasteiger partial charge < -0.3 is 10.4 Å². The summed E-state index contributed by atoms with van der Waals surface area (Å²) in [5.41, 5.74) is 7.22. The van der Waals surface area contributed by atoms with E-state index in [4.69, 9.17) is 5.11 Å². The maximum Gasteiger partial charge on any atom is 0.329 e. The first-order chi connectivity index (χ1) is 12.7. The van der Waals surface area contributed by atoms with Crippen LogP contribution in [0.4, 0.5) is 10.5 Å². The Labute approximate surface area is 161 Å². The standard InChI is InChI=1S/C19H21N3O2S2/c23-10-14-11-25-17(20-14)7-8-26-22-19(24)21-18-15-5-1-3-12(15)9-13-4-2-6-16(13)18/h7-9,11,23H,1-6,10H2,(H2,21,22,24)/b8-7+. The van der Waals surface area contributed by atoms with E-state index in [9.17, 15) is 4.79 Å². The molecule has 0 saturated heterocycles. The van der Waals surface area contributed by atoms with Crippen LogP contribution in [-0.4, -0.2) is 16.1 Å². The molecule has 5 nitrogen and oxygen atoms in total. The number of aromatic nitrogens is 1. The minimum Gasteiger partial charge on any atom is -0.390 e. The molecule has 0 spiro atoms. The van der Waals surface area contributed by atoms with Crippen LogP contribution in [0.3, 0.4) is 0 Å². The monoisotopic (exact) mass is 387 g/mol. The highest BCUT2D eigenvalue weighted by Crippen LogP contribution is 2.38. The number of hydrogen-bond donors (Lipinski definition) is 3. The number of carbonyl (C=O) groups is 1. The van der Waals surface area contributed by atoms with E-state index in [1.807, 2.05) is 11.5 Å². The minimum atomic E-state index is -0.191. The Bertz CT molecular complexity index is 828. The van der Waals surface area contributed by atoms with Crippen molar-refractivity contribution in [1.29, 1.82) is 0 Å². The van der Waals surface area contributed by atoms with Crippen molar-refractivity contribution >= 4 is 41.1 Å². The first kappa shape index (κ1) is 17.6. The van der Waals surface area contributed by atoms with Gasteiger partial charge in [-0.1, -0.05) is 6.07 Å². The van der Waals surface area contributed by atoms with Gasteiger partial charge in [-0.2, -0.15) is 0 Å². The van der Waals surface area contributed by atoms with Gasteiger partial charge in [0.1, 0.15) is 5.01 Å². The molecule has 4 rings (SSSR count). The number of hydrogen-bond acceptors (Lipinski definition) is 5. The number of amides is 2. The van der Waals surface area contributed by atoms with Gasteiger partial charge >= 0.3 is 6.03 Å². The fourth-order valence-electron chi connectivity index (χ4n) is 3.76. The van der Waals surface area contributed by atoms with Crippen molar-refractivity contribution in [1.82, 2.24) is 9.71 Å². The second kappa shape index (κ2) is 7.82. The molecule has 0 aliphatic heterocycles. The molecule has 26 heavy (non-hydrogen) atoms. The molecule has 1 heterocycles. The number of nitrogens with zero attached hydrogens (tertiary/aromatic N) is 1. The van der Waals surface area contributed by atoms with E-state index in [-0.39, 0.29) is 12.6 Å². The summed E-state index contributed by atoms with van der Waals surface area (Å²) in [6.45, 7) is -0.0517. The van der Waals surface area contributed by atoms with E-state index >= 15 is 0 Å². The molecule has 1 aromatic heterocycles. The Morgan fingerprint density at radius 3 is 2.62 bits per heavy atom. The Balaban J connectivity index is 1.38. The lowest BCUT2D eigenvalue weighted by Gasteiger charge is -2.16. The molecule has 0 atom stereocenters. The molecule has 2 aliphatic rings. The number of aliphatic hydroxyl groups is 1. The molecule has 0 bridgehead atoms. The normalized spacial score (nSPS) is 15.3. The molecule has 0 radical (unpaired) electrons. The van der Waals surface area contributed by atoms with Gasteiger partial charge in [-0.3, -0.25) is 4.72 Å². The van der Waals surface area contributed by atoms with Crippen LogP contribution in [0.1, 0.15) is 45.8 Å². The molecular weight excluding hydrogens is 366 g/mol. The van der Waals surface area contributed by atoms with Crippen molar-refractivity contribution in [3.63, 3.8) is 0 Å². The van der Waals surface area contributed by atoms with Gasteiger partial charge in [0.15, 0.2) is 0 Å². The van der Waals surface area contributed by atoms with Crippen LogP contribution >= 0.6 is 23.3 Å². The third kappa shape index (κ3) is 3.65. The zero-order chi connectivity index (χ0) is 17.9. The topological polar surface area (TPSA) is 74.2 Å². The molecule has 1 aromatic carbocycles. The van der Waals surface area contributed by atoms with Crippen molar-refractivity contribution in [3.05, 3.63) is 49.8 Å². The number of fused-ring (bicyclic) bond motifs is 2. The van der Waals surface area contributed by atoms with Crippen LogP contribution < -0.4 is 10.0 Å². The number of carbonyl (C=O) groups excluding carboxylic acids is 1. The highest BCUT2D eigenvalue weighted by Gasteiger charge is 2.24. The Kier molecular flexibility index (Phi) is 5.28. The molecule has 136 valence electrons. The summed E-state index contributed by atoms with van der Waals surface area (Å²) in [4.78, 5) is 16.6. The largest absolute Gasteiger partial charge is 0.390 e. The van der Waals surface area contributed by atoms with Crippen molar-refractivity contribution in [2.24, 2.45) is 0 Å². The zero-order valence-electron chi connectivity index (χ0n) is 14.4. The quantitative estimate of drug-likeness (QED) is 0.677. The number of aryl methyl sites for hydroxylation is 2. The van der Waals surface area contributed by atoms with Crippen LogP contribution in [0.15, 0.2) is 16.9 Å². The number of anilines is 1. The van der Waals surface area contributed by atoms with E-state index in [0.29, 0.717) is 5.69 Å². The summed E-state index contributed by atoms with van der Waals surface area (Å²) in [5.74, 6) is 0. The summed E-state index contributed by atoms with van der Waals surface area (Å²) in [6, 6.07) is 2.17. The number of thiazole rings is 1. The SMILES string of the molecule is O=C(NS/C=C/c1nc(CO)cs1)Nc1c2c(cc3c1CCC3)CCC2. The molecule has 0 fully saturated rings. The third-order valence-electron chi connectivity index (χ3n) is 4.87. The van der Waals surface area contributed by atoms with Crippen LogP contribution in [0.2, 0.25) is 0 Å².